The van der Waals surface area contributed by atoms with Crippen molar-refractivity contribution in [3.8, 4) is 10.7 Å². The number of aromatic nitrogens is 3. The van der Waals surface area contributed by atoms with E-state index in [4.69, 9.17) is 4.74 Å². The van der Waals surface area contributed by atoms with Crippen LogP contribution in [-0.4, -0.2) is 28.0 Å². The van der Waals surface area contributed by atoms with E-state index in [1.165, 1.54) is 41.7 Å². The number of fused-ring (bicyclic) bond motifs is 1. The largest absolute Gasteiger partial charge is 0.380 e. The highest BCUT2D eigenvalue weighted by Gasteiger charge is 2.20. The molecule has 108 valence electrons. The number of hydrogen-bond acceptors (Lipinski definition) is 4. The molecule has 0 unspecified atom stereocenters. The van der Waals surface area contributed by atoms with Crippen LogP contribution in [0.25, 0.3) is 10.7 Å². The molecular weight excluding hydrogens is 270 g/mol. The SMILES string of the molecule is CCOCCn1nc(C)nc1-c1scc2c1CCCC2. The highest BCUT2D eigenvalue weighted by atomic mass is 32.1. The molecule has 20 heavy (non-hydrogen) atoms. The van der Waals surface area contributed by atoms with Crippen molar-refractivity contribution in [2.45, 2.75) is 46.1 Å². The average Bonchev–Trinajstić information content (AvgIpc) is 3.02. The summed E-state index contributed by atoms with van der Waals surface area (Å²) in [4.78, 5) is 5.96. The summed E-state index contributed by atoms with van der Waals surface area (Å²) in [5.41, 5.74) is 3.03. The van der Waals surface area contributed by atoms with Crippen LogP contribution < -0.4 is 0 Å². The first kappa shape index (κ1) is 13.8. The monoisotopic (exact) mass is 291 g/mol. The molecule has 0 saturated heterocycles. The number of aryl methyl sites for hydroxylation is 2. The van der Waals surface area contributed by atoms with Crippen molar-refractivity contribution >= 4 is 11.3 Å². The lowest BCUT2D eigenvalue weighted by atomic mass is 9.94. The Morgan fingerprint density at radius 2 is 2.20 bits per heavy atom. The average molecular weight is 291 g/mol. The van der Waals surface area contributed by atoms with Gasteiger partial charge in [0, 0.05) is 6.61 Å². The van der Waals surface area contributed by atoms with Crippen LogP contribution in [0.2, 0.25) is 0 Å². The van der Waals surface area contributed by atoms with Crippen molar-refractivity contribution in [1.82, 2.24) is 14.8 Å². The van der Waals surface area contributed by atoms with E-state index in [1.807, 2.05) is 29.9 Å². The second-order valence-corrected chi connectivity index (χ2v) is 6.06. The molecule has 0 atom stereocenters. The van der Waals surface area contributed by atoms with E-state index >= 15 is 0 Å². The zero-order valence-electron chi connectivity index (χ0n) is 12.2. The second kappa shape index (κ2) is 6.06. The van der Waals surface area contributed by atoms with Gasteiger partial charge in [-0.15, -0.1) is 11.3 Å². The summed E-state index contributed by atoms with van der Waals surface area (Å²) < 4.78 is 7.45. The Hall–Kier alpha value is -1.20. The second-order valence-electron chi connectivity index (χ2n) is 5.18. The van der Waals surface area contributed by atoms with Crippen LogP contribution in [0.1, 0.15) is 36.7 Å². The zero-order chi connectivity index (χ0) is 13.9. The molecule has 0 aromatic carbocycles. The molecule has 0 amide bonds. The van der Waals surface area contributed by atoms with Crippen LogP contribution in [0.4, 0.5) is 0 Å². The van der Waals surface area contributed by atoms with Gasteiger partial charge in [-0.2, -0.15) is 5.10 Å². The molecule has 5 heteroatoms. The number of ether oxygens (including phenoxy) is 1. The number of nitrogens with zero attached hydrogens (tertiary/aromatic N) is 3. The fourth-order valence-electron chi connectivity index (χ4n) is 2.78. The minimum absolute atomic E-state index is 0.694. The summed E-state index contributed by atoms with van der Waals surface area (Å²) >= 11 is 1.82. The standard InChI is InChI=1S/C15H21N3OS/c1-3-19-9-8-18-15(16-11(2)17-18)14-13-7-5-4-6-12(13)10-20-14/h10H,3-9H2,1-2H3. The van der Waals surface area contributed by atoms with Gasteiger partial charge in [-0.3, -0.25) is 0 Å². The summed E-state index contributed by atoms with van der Waals surface area (Å²) in [6.07, 6.45) is 5.02. The maximum atomic E-state index is 5.45. The lowest BCUT2D eigenvalue weighted by molar-refractivity contribution is 0.136. The van der Waals surface area contributed by atoms with Crippen molar-refractivity contribution in [2.75, 3.05) is 13.2 Å². The van der Waals surface area contributed by atoms with Gasteiger partial charge < -0.3 is 4.74 Å². The van der Waals surface area contributed by atoms with Crippen molar-refractivity contribution < 1.29 is 4.74 Å². The Balaban J connectivity index is 1.91. The lowest BCUT2D eigenvalue weighted by Crippen LogP contribution is -2.09. The Kier molecular flexibility index (Phi) is 4.17. The Morgan fingerprint density at radius 1 is 1.35 bits per heavy atom. The van der Waals surface area contributed by atoms with Gasteiger partial charge in [-0.1, -0.05) is 0 Å². The third-order valence-corrected chi connectivity index (χ3v) is 4.80. The number of thiophene rings is 1. The molecule has 4 nitrogen and oxygen atoms in total. The Morgan fingerprint density at radius 3 is 3.05 bits per heavy atom. The molecule has 0 fully saturated rings. The number of rotatable bonds is 5. The van der Waals surface area contributed by atoms with Crippen molar-refractivity contribution in [3.05, 3.63) is 22.3 Å². The molecule has 0 N–H and O–H groups in total. The van der Waals surface area contributed by atoms with Crippen LogP contribution in [-0.2, 0) is 24.1 Å². The third-order valence-electron chi connectivity index (χ3n) is 3.74. The molecule has 0 saturated carbocycles. The predicted octanol–water partition coefficient (Wildman–Crippen LogP) is 3.23. The maximum Gasteiger partial charge on any atom is 0.168 e. The smallest absolute Gasteiger partial charge is 0.168 e. The quantitative estimate of drug-likeness (QED) is 0.794. The summed E-state index contributed by atoms with van der Waals surface area (Å²) in [6, 6.07) is 0. The van der Waals surface area contributed by atoms with Gasteiger partial charge in [0.1, 0.15) is 5.82 Å². The van der Waals surface area contributed by atoms with Gasteiger partial charge in [0.05, 0.1) is 18.0 Å². The molecule has 0 radical (unpaired) electrons. The first-order valence-electron chi connectivity index (χ1n) is 7.38. The van der Waals surface area contributed by atoms with E-state index in [2.05, 4.69) is 15.5 Å². The lowest BCUT2D eigenvalue weighted by Gasteiger charge is -2.13. The van der Waals surface area contributed by atoms with E-state index in [9.17, 15) is 0 Å². The first-order valence-corrected chi connectivity index (χ1v) is 8.26. The van der Waals surface area contributed by atoms with Crippen LogP contribution >= 0.6 is 11.3 Å². The van der Waals surface area contributed by atoms with Gasteiger partial charge in [0.25, 0.3) is 0 Å². The molecule has 0 aliphatic heterocycles. The molecule has 2 aromatic heterocycles. The molecule has 1 aliphatic rings. The minimum atomic E-state index is 0.694. The van der Waals surface area contributed by atoms with Gasteiger partial charge in [-0.25, -0.2) is 9.67 Å². The van der Waals surface area contributed by atoms with Gasteiger partial charge in [0.15, 0.2) is 5.82 Å². The summed E-state index contributed by atoms with van der Waals surface area (Å²) in [5, 5.41) is 6.83. The predicted molar refractivity (Wildman–Crippen MR) is 81.2 cm³/mol. The minimum Gasteiger partial charge on any atom is -0.380 e. The third kappa shape index (κ3) is 2.65. The van der Waals surface area contributed by atoms with Crippen LogP contribution in [0.5, 0.6) is 0 Å². The van der Waals surface area contributed by atoms with Crippen molar-refractivity contribution in [2.24, 2.45) is 0 Å². The zero-order valence-corrected chi connectivity index (χ0v) is 13.0. The summed E-state index contributed by atoms with van der Waals surface area (Å²) in [6.45, 7) is 6.19. The molecule has 2 heterocycles. The Bertz CT molecular complexity index is 588. The highest BCUT2D eigenvalue weighted by molar-refractivity contribution is 7.13. The highest BCUT2D eigenvalue weighted by Crippen LogP contribution is 2.36. The molecular formula is C15H21N3OS. The van der Waals surface area contributed by atoms with Gasteiger partial charge >= 0.3 is 0 Å². The van der Waals surface area contributed by atoms with Crippen molar-refractivity contribution in [1.29, 1.82) is 0 Å². The van der Waals surface area contributed by atoms with E-state index in [-0.39, 0.29) is 0 Å². The molecule has 0 bridgehead atoms. The fraction of sp³-hybridized carbons (Fsp3) is 0.600. The fourth-order valence-corrected chi connectivity index (χ4v) is 3.93. The van der Waals surface area contributed by atoms with E-state index in [1.54, 1.807) is 0 Å². The molecule has 0 spiro atoms. The summed E-state index contributed by atoms with van der Waals surface area (Å²) in [7, 11) is 0. The van der Waals surface area contributed by atoms with Gasteiger partial charge in [0.2, 0.25) is 0 Å². The van der Waals surface area contributed by atoms with Crippen molar-refractivity contribution in [3.63, 3.8) is 0 Å². The molecule has 2 aromatic rings. The summed E-state index contributed by atoms with van der Waals surface area (Å²) in [5.74, 6) is 1.87. The molecule has 1 aliphatic carbocycles. The number of hydrogen-bond donors (Lipinski definition) is 0. The van der Waals surface area contributed by atoms with E-state index in [0.29, 0.717) is 6.61 Å². The molecule has 3 rings (SSSR count). The van der Waals surface area contributed by atoms with Crippen LogP contribution in [0.3, 0.4) is 0 Å². The first-order chi connectivity index (χ1) is 9.79. The van der Waals surface area contributed by atoms with Crippen LogP contribution in [0, 0.1) is 6.92 Å². The van der Waals surface area contributed by atoms with Crippen LogP contribution in [0.15, 0.2) is 5.38 Å². The maximum absolute atomic E-state index is 5.45. The van der Waals surface area contributed by atoms with E-state index in [0.717, 1.165) is 24.8 Å². The van der Waals surface area contributed by atoms with Gasteiger partial charge in [-0.05, 0) is 56.0 Å². The van der Waals surface area contributed by atoms with E-state index < -0.39 is 0 Å². The normalized spacial score (nSPS) is 14.5. The topological polar surface area (TPSA) is 39.9 Å². The Labute approximate surface area is 123 Å².